The molecular weight excluding hydrogens is 272 g/mol. The maximum absolute atomic E-state index is 11.0. The van der Waals surface area contributed by atoms with Crippen LogP contribution in [0.15, 0.2) is 12.1 Å². The molecule has 110 valence electrons. The molecule has 0 aliphatic heterocycles. The Bertz CT molecular complexity index is 729. The topological polar surface area (TPSA) is 104 Å². The predicted molar refractivity (Wildman–Crippen MR) is 78.6 cm³/mol. The lowest BCUT2D eigenvalue weighted by molar-refractivity contribution is -0.385. The maximum atomic E-state index is 11.0. The van der Waals surface area contributed by atoms with Gasteiger partial charge in [-0.3, -0.25) is 10.1 Å². The van der Waals surface area contributed by atoms with Gasteiger partial charge in [-0.2, -0.15) is 4.98 Å². The first-order valence-corrected chi connectivity index (χ1v) is 6.33. The van der Waals surface area contributed by atoms with Gasteiger partial charge in [-0.15, -0.1) is 0 Å². The molecule has 7 heteroatoms. The van der Waals surface area contributed by atoms with Crippen LogP contribution in [0.2, 0.25) is 0 Å². The van der Waals surface area contributed by atoms with E-state index in [0.717, 1.165) is 5.56 Å². The van der Waals surface area contributed by atoms with Gasteiger partial charge in [-0.25, -0.2) is 4.98 Å². The largest absolute Gasteiger partial charge is 0.438 e. The fraction of sp³-hybridized carbons (Fsp3) is 0.286. The van der Waals surface area contributed by atoms with Gasteiger partial charge in [0.15, 0.2) is 0 Å². The van der Waals surface area contributed by atoms with Crippen molar-refractivity contribution in [2.45, 2.75) is 27.7 Å². The molecule has 2 N–H and O–H groups in total. The molecule has 0 saturated heterocycles. The standard InChI is InChI=1S/C14H16N4O3/c1-7-5-8(2)12(6-11(7)18(19)20)21-14-9(3)13(15)16-10(4)17-14/h5-6H,1-4H3,(H2,15,16,17). The van der Waals surface area contributed by atoms with E-state index in [9.17, 15) is 10.1 Å². The van der Waals surface area contributed by atoms with Crippen molar-refractivity contribution in [2.24, 2.45) is 0 Å². The highest BCUT2D eigenvalue weighted by atomic mass is 16.6. The first kappa shape index (κ1) is 14.7. The van der Waals surface area contributed by atoms with E-state index in [4.69, 9.17) is 10.5 Å². The molecule has 0 amide bonds. The van der Waals surface area contributed by atoms with Gasteiger partial charge < -0.3 is 10.5 Å². The molecule has 0 unspecified atom stereocenters. The van der Waals surface area contributed by atoms with Crippen LogP contribution in [0.5, 0.6) is 11.6 Å². The lowest BCUT2D eigenvalue weighted by Gasteiger charge is -2.12. The molecule has 1 aromatic carbocycles. The number of benzene rings is 1. The molecule has 0 saturated carbocycles. The number of hydrogen-bond acceptors (Lipinski definition) is 6. The summed E-state index contributed by atoms with van der Waals surface area (Å²) in [5.41, 5.74) is 7.75. The number of aryl methyl sites for hydroxylation is 3. The summed E-state index contributed by atoms with van der Waals surface area (Å²) in [7, 11) is 0. The Labute approximate surface area is 121 Å². The zero-order valence-electron chi connectivity index (χ0n) is 12.3. The molecule has 0 bridgehead atoms. The Balaban J connectivity index is 2.49. The molecule has 21 heavy (non-hydrogen) atoms. The number of hydrogen-bond donors (Lipinski definition) is 1. The third kappa shape index (κ3) is 2.91. The highest BCUT2D eigenvalue weighted by Gasteiger charge is 2.17. The number of aromatic nitrogens is 2. The Morgan fingerprint density at radius 1 is 1.14 bits per heavy atom. The van der Waals surface area contributed by atoms with Crippen molar-refractivity contribution < 1.29 is 9.66 Å². The van der Waals surface area contributed by atoms with Gasteiger partial charge in [-0.1, -0.05) is 0 Å². The first-order chi connectivity index (χ1) is 9.79. The van der Waals surface area contributed by atoms with Gasteiger partial charge in [0.05, 0.1) is 16.6 Å². The second kappa shape index (κ2) is 5.35. The SMILES string of the molecule is Cc1nc(N)c(C)c(Oc2cc([N+](=O)[O-])c(C)cc2C)n1. The van der Waals surface area contributed by atoms with E-state index in [-0.39, 0.29) is 5.69 Å². The van der Waals surface area contributed by atoms with Crippen molar-refractivity contribution >= 4 is 11.5 Å². The van der Waals surface area contributed by atoms with Crippen LogP contribution in [-0.2, 0) is 0 Å². The summed E-state index contributed by atoms with van der Waals surface area (Å²) < 4.78 is 5.71. The predicted octanol–water partition coefficient (Wildman–Crippen LogP) is 2.99. The second-order valence-corrected chi connectivity index (χ2v) is 4.85. The van der Waals surface area contributed by atoms with Gasteiger partial charge in [0.2, 0.25) is 5.88 Å². The number of nitrogen functional groups attached to an aromatic ring is 1. The zero-order valence-corrected chi connectivity index (χ0v) is 12.3. The van der Waals surface area contributed by atoms with Crippen LogP contribution in [-0.4, -0.2) is 14.9 Å². The summed E-state index contributed by atoms with van der Waals surface area (Å²) >= 11 is 0. The van der Waals surface area contributed by atoms with Crippen molar-refractivity contribution in [1.82, 2.24) is 9.97 Å². The quantitative estimate of drug-likeness (QED) is 0.687. The molecule has 2 rings (SSSR count). The van der Waals surface area contributed by atoms with Crippen LogP contribution in [0.3, 0.4) is 0 Å². The molecule has 0 spiro atoms. The van der Waals surface area contributed by atoms with E-state index in [2.05, 4.69) is 9.97 Å². The lowest BCUT2D eigenvalue weighted by atomic mass is 10.1. The van der Waals surface area contributed by atoms with Crippen molar-refractivity contribution in [1.29, 1.82) is 0 Å². The molecule has 0 radical (unpaired) electrons. The van der Waals surface area contributed by atoms with Gasteiger partial charge in [-0.05, 0) is 39.3 Å². The summed E-state index contributed by atoms with van der Waals surface area (Å²) in [6.07, 6.45) is 0. The zero-order chi connectivity index (χ0) is 15.7. The van der Waals surface area contributed by atoms with Gasteiger partial charge >= 0.3 is 0 Å². The van der Waals surface area contributed by atoms with Crippen LogP contribution in [0, 0.1) is 37.8 Å². The number of ether oxygens (including phenoxy) is 1. The fourth-order valence-corrected chi connectivity index (χ4v) is 1.96. The van der Waals surface area contributed by atoms with Crippen LogP contribution >= 0.6 is 0 Å². The molecular formula is C14H16N4O3. The van der Waals surface area contributed by atoms with Crippen LogP contribution in [0.4, 0.5) is 11.5 Å². The van der Waals surface area contributed by atoms with Gasteiger partial charge in [0.25, 0.3) is 5.69 Å². The molecule has 7 nitrogen and oxygen atoms in total. The van der Waals surface area contributed by atoms with Gasteiger partial charge in [0, 0.05) is 5.56 Å². The minimum atomic E-state index is -0.436. The van der Waals surface area contributed by atoms with Crippen LogP contribution < -0.4 is 10.5 Å². The molecule has 0 aliphatic carbocycles. The summed E-state index contributed by atoms with van der Waals surface area (Å²) in [6.45, 7) is 6.95. The number of nitrogens with two attached hydrogens (primary N) is 1. The highest BCUT2D eigenvalue weighted by Crippen LogP contribution is 2.32. The van der Waals surface area contributed by atoms with E-state index in [1.54, 1.807) is 26.8 Å². The van der Waals surface area contributed by atoms with E-state index >= 15 is 0 Å². The highest BCUT2D eigenvalue weighted by molar-refractivity contribution is 5.52. The Hall–Kier alpha value is -2.70. The summed E-state index contributed by atoms with van der Waals surface area (Å²) in [6, 6.07) is 3.11. The second-order valence-electron chi connectivity index (χ2n) is 4.85. The number of nitro benzene ring substituents is 1. The third-order valence-electron chi connectivity index (χ3n) is 3.15. The van der Waals surface area contributed by atoms with Crippen molar-refractivity contribution in [3.05, 3.63) is 44.8 Å². The molecule has 1 heterocycles. The van der Waals surface area contributed by atoms with Crippen molar-refractivity contribution in [3.8, 4) is 11.6 Å². The van der Waals surface area contributed by atoms with Crippen molar-refractivity contribution in [3.63, 3.8) is 0 Å². The van der Waals surface area contributed by atoms with E-state index in [0.29, 0.717) is 34.4 Å². The summed E-state index contributed by atoms with van der Waals surface area (Å²) in [4.78, 5) is 18.8. The minimum absolute atomic E-state index is 0.00648. The minimum Gasteiger partial charge on any atom is -0.438 e. The van der Waals surface area contributed by atoms with Gasteiger partial charge in [0.1, 0.15) is 17.4 Å². The maximum Gasteiger partial charge on any atom is 0.276 e. The smallest absolute Gasteiger partial charge is 0.276 e. The molecule has 2 aromatic rings. The molecule has 1 aromatic heterocycles. The van der Waals surface area contributed by atoms with E-state index < -0.39 is 4.92 Å². The lowest BCUT2D eigenvalue weighted by Crippen LogP contribution is -2.03. The first-order valence-electron chi connectivity index (χ1n) is 6.33. The summed E-state index contributed by atoms with van der Waals surface area (Å²) in [5.74, 6) is 1.50. The van der Waals surface area contributed by atoms with E-state index in [1.807, 2.05) is 6.92 Å². The number of rotatable bonds is 3. The number of anilines is 1. The average molecular weight is 288 g/mol. The van der Waals surface area contributed by atoms with Crippen LogP contribution in [0.1, 0.15) is 22.5 Å². The monoisotopic (exact) mass is 288 g/mol. The van der Waals surface area contributed by atoms with Crippen LogP contribution in [0.25, 0.3) is 0 Å². The molecule has 0 fully saturated rings. The fourth-order valence-electron chi connectivity index (χ4n) is 1.96. The van der Waals surface area contributed by atoms with Crippen molar-refractivity contribution in [2.75, 3.05) is 5.73 Å². The Kier molecular flexibility index (Phi) is 3.75. The molecule has 0 aliphatic rings. The summed E-state index contributed by atoms with van der Waals surface area (Å²) in [5, 5.41) is 11.0. The Morgan fingerprint density at radius 2 is 1.81 bits per heavy atom. The Morgan fingerprint density at radius 3 is 2.43 bits per heavy atom. The number of nitrogens with zero attached hydrogens (tertiary/aromatic N) is 3. The van der Waals surface area contributed by atoms with E-state index in [1.165, 1.54) is 6.07 Å². The third-order valence-corrected chi connectivity index (χ3v) is 3.15. The number of nitro groups is 1. The molecule has 0 atom stereocenters. The average Bonchev–Trinajstić information content (AvgIpc) is 2.37. The normalized spacial score (nSPS) is 10.5.